The van der Waals surface area contributed by atoms with Gasteiger partial charge in [0.1, 0.15) is 0 Å². The van der Waals surface area contributed by atoms with Crippen LogP contribution in [0.1, 0.15) is 44.9 Å². The Hall–Kier alpha value is -0.810. The third kappa shape index (κ3) is 4.66. The van der Waals surface area contributed by atoms with Gasteiger partial charge in [0.05, 0.1) is 12.2 Å². The van der Waals surface area contributed by atoms with Crippen molar-refractivity contribution in [1.82, 2.24) is 10.6 Å². The number of nitrogens with one attached hydrogen (secondary N) is 2. The van der Waals surface area contributed by atoms with Crippen molar-refractivity contribution in [3.05, 3.63) is 0 Å². The van der Waals surface area contributed by atoms with E-state index in [-0.39, 0.29) is 24.3 Å². The molecule has 0 bridgehead atoms. The quantitative estimate of drug-likeness (QED) is 0.723. The average molecular weight is 270 g/mol. The summed E-state index contributed by atoms with van der Waals surface area (Å²) < 4.78 is 5.36. The molecule has 3 N–H and O–H groups in total. The first kappa shape index (κ1) is 14.6. The fourth-order valence-electron chi connectivity index (χ4n) is 3.20. The number of hydrogen-bond donors (Lipinski definition) is 3. The Bertz CT molecular complexity index is 298. The van der Waals surface area contributed by atoms with Crippen LogP contribution in [-0.2, 0) is 4.74 Å². The Morgan fingerprint density at radius 1 is 1.26 bits per heavy atom. The van der Waals surface area contributed by atoms with Crippen molar-refractivity contribution in [2.45, 2.75) is 63.2 Å². The van der Waals surface area contributed by atoms with Crippen molar-refractivity contribution < 1.29 is 14.6 Å². The molecule has 2 fully saturated rings. The second-order valence-corrected chi connectivity index (χ2v) is 5.91. The van der Waals surface area contributed by atoms with Crippen LogP contribution in [0.3, 0.4) is 0 Å². The molecule has 5 heteroatoms. The highest BCUT2D eigenvalue weighted by atomic mass is 16.5. The van der Waals surface area contributed by atoms with E-state index in [0.717, 1.165) is 44.9 Å². The Morgan fingerprint density at radius 3 is 2.79 bits per heavy atom. The lowest BCUT2D eigenvalue weighted by Crippen LogP contribution is -2.46. The molecule has 0 unspecified atom stereocenters. The predicted octanol–water partition coefficient (Wildman–Crippen LogP) is 1.40. The number of methoxy groups -OCH3 is 1. The lowest BCUT2D eigenvalue weighted by atomic mass is 9.93. The molecule has 0 aromatic carbocycles. The SMILES string of the molecule is CO[C@@H]1CCC[C@H](NC(=O)NC[C@@H]2CC[C@H](O)C2)C1. The number of carbonyl (C=O) groups is 1. The molecule has 19 heavy (non-hydrogen) atoms. The van der Waals surface area contributed by atoms with Crippen molar-refractivity contribution >= 4 is 6.03 Å². The van der Waals surface area contributed by atoms with E-state index in [2.05, 4.69) is 10.6 Å². The highest BCUT2D eigenvalue weighted by molar-refractivity contribution is 5.74. The Morgan fingerprint density at radius 2 is 2.11 bits per heavy atom. The fourth-order valence-corrected chi connectivity index (χ4v) is 3.20. The summed E-state index contributed by atoms with van der Waals surface area (Å²) in [6.45, 7) is 0.670. The van der Waals surface area contributed by atoms with E-state index < -0.39 is 0 Å². The van der Waals surface area contributed by atoms with Crippen LogP contribution in [0.4, 0.5) is 4.79 Å². The number of ether oxygens (including phenoxy) is 1. The number of rotatable bonds is 4. The molecular weight excluding hydrogens is 244 g/mol. The van der Waals surface area contributed by atoms with Crippen LogP contribution >= 0.6 is 0 Å². The summed E-state index contributed by atoms with van der Waals surface area (Å²) in [5.41, 5.74) is 0. The molecular formula is C14H26N2O3. The summed E-state index contributed by atoms with van der Waals surface area (Å²) in [4.78, 5) is 11.8. The van der Waals surface area contributed by atoms with Crippen molar-refractivity contribution in [3.63, 3.8) is 0 Å². The molecule has 2 aliphatic rings. The second kappa shape index (κ2) is 7.10. The molecule has 2 rings (SSSR count). The summed E-state index contributed by atoms with van der Waals surface area (Å²) in [5, 5.41) is 15.4. The molecule has 0 aliphatic heterocycles. The summed E-state index contributed by atoms with van der Waals surface area (Å²) >= 11 is 0. The first-order chi connectivity index (χ1) is 9.17. The average Bonchev–Trinajstić information content (AvgIpc) is 2.82. The van der Waals surface area contributed by atoms with Crippen LogP contribution in [0.5, 0.6) is 0 Å². The van der Waals surface area contributed by atoms with Crippen LogP contribution in [0, 0.1) is 5.92 Å². The Balaban J connectivity index is 1.63. The minimum Gasteiger partial charge on any atom is -0.393 e. The number of aliphatic hydroxyl groups excluding tert-OH is 1. The minimum atomic E-state index is -0.171. The number of carbonyl (C=O) groups excluding carboxylic acids is 1. The molecule has 2 saturated carbocycles. The molecule has 5 nitrogen and oxygen atoms in total. The van der Waals surface area contributed by atoms with Gasteiger partial charge in [0.25, 0.3) is 0 Å². The third-order valence-electron chi connectivity index (χ3n) is 4.36. The molecule has 2 amide bonds. The van der Waals surface area contributed by atoms with E-state index in [1.807, 2.05) is 0 Å². The van der Waals surface area contributed by atoms with Gasteiger partial charge in [0.15, 0.2) is 0 Å². The van der Waals surface area contributed by atoms with Crippen LogP contribution in [-0.4, -0.2) is 43.0 Å². The highest BCUT2D eigenvalue weighted by Gasteiger charge is 2.25. The lowest BCUT2D eigenvalue weighted by molar-refractivity contribution is 0.0604. The number of amides is 2. The van der Waals surface area contributed by atoms with Gasteiger partial charge < -0.3 is 20.5 Å². The van der Waals surface area contributed by atoms with E-state index in [0.29, 0.717) is 12.5 Å². The maximum Gasteiger partial charge on any atom is 0.315 e. The largest absolute Gasteiger partial charge is 0.393 e. The van der Waals surface area contributed by atoms with Gasteiger partial charge in [-0.1, -0.05) is 0 Å². The maximum absolute atomic E-state index is 11.8. The number of aliphatic hydroxyl groups is 1. The first-order valence-electron chi connectivity index (χ1n) is 7.42. The second-order valence-electron chi connectivity index (χ2n) is 5.91. The normalized spacial score (nSPS) is 35.1. The zero-order valence-electron chi connectivity index (χ0n) is 11.7. The smallest absolute Gasteiger partial charge is 0.315 e. The zero-order valence-corrected chi connectivity index (χ0v) is 11.7. The van der Waals surface area contributed by atoms with Crippen LogP contribution in [0.15, 0.2) is 0 Å². The molecule has 110 valence electrons. The standard InChI is InChI=1S/C14H26N2O3/c1-19-13-4-2-3-11(8-13)16-14(18)15-9-10-5-6-12(17)7-10/h10-13,17H,2-9H2,1H3,(H2,15,16,18)/t10-,11+,12+,13-/m1/s1. The Kier molecular flexibility index (Phi) is 5.45. The van der Waals surface area contributed by atoms with Crippen molar-refractivity contribution in [2.75, 3.05) is 13.7 Å². The molecule has 0 aromatic heterocycles. The van der Waals surface area contributed by atoms with Gasteiger partial charge in [-0.25, -0.2) is 4.79 Å². The van der Waals surface area contributed by atoms with Crippen molar-refractivity contribution in [1.29, 1.82) is 0 Å². The summed E-state index contributed by atoms with van der Waals surface area (Å²) in [5.74, 6) is 0.429. The summed E-state index contributed by atoms with van der Waals surface area (Å²) in [7, 11) is 1.73. The van der Waals surface area contributed by atoms with Crippen LogP contribution in [0.25, 0.3) is 0 Å². The zero-order chi connectivity index (χ0) is 13.7. The van der Waals surface area contributed by atoms with Gasteiger partial charge in [0, 0.05) is 19.7 Å². The number of urea groups is 1. The van der Waals surface area contributed by atoms with E-state index in [9.17, 15) is 9.90 Å². The molecule has 2 aliphatic carbocycles. The molecule has 0 heterocycles. The monoisotopic (exact) mass is 270 g/mol. The predicted molar refractivity (Wildman–Crippen MR) is 72.9 cm³/mol. The first-order valence-corrected chi connectivity index (χ1v) is 7.42. The molecule has 4 atom stereocenters. The van der Waals surface area contributed by atoms with Gasteiger partial charge in [-0.3, -0.25) is 0 Å². The summed E-state index contributed by atoms with van der Waals surface area (Å²) in [6.07, 6.45) is 6.95. The lowest BCUT2D eigenvalue weighted by Gasteiger charge is -2.29. The number of hydrogen-bond acceptors (Lipinski definition) is 3. The van der Waals surface area contributed by atoms with E-state index >= 15 is 0 Å². The van der Waals surface area contributed by atoms with Gasteiger partial charge >= 0.3 is 6.03 Å². The van der Waals surface area contributed by atoms with Gasteiger partial charge in [0.2, 0.25) is 0 Å². The third-order valence-corrected chi connectivity index (χ3v) is 4.36. The van der Waals surface area contributed by atoms with Crippen LogP contribution in [0.2, 0.25) is 0 Å². The van der Waals surface area contributed by atoms with E-state index in [1.54, 1.807) is 7.11 Å². The van der Waals surface area contributed by atoms with Gasteiger partial charge in [-0.15, -0.1) is 0 Å². The van der Waals surface area contributed by atoms with Gasteiger partial charge in [-0.2, -0.15) is 0 Å². The van der Waals surface area contributed by atoms with E-state index in [1.165, 1.54) is 0 Å². The van der Waals surface area contributed by atoms with E-state index in [4.69, 9.17) is 4.74 Å². The minimum absolute atomic E-state index is 0.0804. The van der Waals surface area contributed by atoms with Crippen molar-refractivity contribution in [3.8, 4) is 0 Å². The fraction of sp³-hybridized carbons (Fsp3) is 0.929. The van der Waals surface area contributed by atoms with Crippen molar-refractivity contribution in [2.24, 2.45) is 5.92 Å². The Labute approximate surface area is 115 Å². The molecule has 0 radical (unpaired) electrons. The topological polar surface area (TPSA) is 70.6 Å². The van der Waals surface area contributed by atoms with Crippen LogP contribution < -0.4 is 10.6 Å². The van der Waals surface area contributed by atoms with Gasteiger partial charge in [-0.05, 0) is 50.9 Å². The highest BCUT2D eigenvalue weighted by Crippen LogP contribution is 2.24. The molecule has 0 aromatic rings. The summed E-state index contributed by atoms with van der Waals surface area (Å²) in [6, 6.07) is 0.149. The molecule has 0 saturated heterocycles. The maximum atomic E-state index is 11.8. The molecule has 0 spiro atoms.